The number of aliphatic imine (C=N–C) groups is 1. The summed E-state index contributed by atoms with van der Waals surface area (Å²) in [7, 11) is 0. The summed E-state index contributed by atoms with van der Waals surface area (Å²) in [6.07, 6.45) is 0.173. The van der Waals surface area contributed by atoms with E-state index in [9.17, 15) is 2.74 Å². The Morgan fingerprint density at radius 3 is 2.03 bits per heavy atom. The molecule has 63 heavy (non-hydrogen) atoms. The Bertz CT molecular complexity index is 3260. The Hall–Kier alpha value is -5.68. The minimum atomic E-state index is -1.81. The molecule has 0 N–H and O–H groups in total. The molecular weight excluding hydrogens is 771 g/mol. The third-order valence-corrected chi connectivity index (χ3v) is 14.6. The molecule has 0 amide bonds. The summed E-state index contributed by atoms with van der Waals surface area (Å²) in [4.78, 5) is 10.5. The smallest absolute Gasteiger partial charge is 0.217 e. The molecule has 7 aromatic rings. The molecule has 0 saturated carbocycles. The molecule has 0 saturated heterocycles. The van der Waals surface area contributed by atoms with Gasteiger partial charge in [-0.25, -0.2) is 9.98 Å². The maximum Gasteiger partial charge on any atom is 0.217 e. The number of rotatable bonds is 4. The molecule has 5 aromatic carbocycles. The van der Waals surface area contributed by atoms with E-state index in [1.165, 1.54) is 38.5 Å². The predicted molar refractivity (Wildman–Crippen MR) is 262 cm³/mol. The molecule has 2 aliphatic heterocycles. The van der Waals surface area contributed by atoms with E-state index in [2.05, 4.69) is 169 Å². The summed E-state index contributed by atoms with van der Waals surface area (Å²) in [5.41, 5.74) is 15.1. The maximum absolute atomic E-state index is 9.81. The topological polar surface area (TPSA) is 48.6 Å². The molecule has 3 aliphatic rings. The molecule has 322 valence electrons. The second-order valence-electron chi connectivity index (χ2n) is 21.9. The van der Waals surface area contributed by atoms with Crippen molar-refractivity contribution in [2.45, 2.75) is 139 Å². The first-order valence-electron chi connectivity index (χ1n) is 23.6. The lowest BCUT2D eigenvalue weighted by Crippen LogP contribution is -2.52. The number of hydrogen-bond donors (Lipinski definition) is 0. The van der Waals surface area contributed by atoms with E-state index in [0.29, 0.717) is 17.2 Å². The molecule has 5 nitrogen and oxygen atoms in total. The van der Waals surface area contributed by atoms with Crippen LogP contribution in [0.3, 0.4) is 0 Å². The number of benzene rings is 5. The highest BCUT2D eigenvalue weighted by Crippen LogP contribution is 2.62. The fourth-order valence-corrected chi connectivity index (χ4v) is 11.4. The minimum absolute atomic E-state index is 0.0462. The van der Waals surface area contributed by atoms with Crippen molar-refractivity contribution in [3.8, 4) is 28.4 Å². The van der Waals surface area contributed by atoms with Crippen molar-refractivity contribution in [2.75, 3.05) is 0 Å². The second kappa shape index (κ2) is 13.2. The average Bonchev–Trinajstić information content (AvgIpc) is 3.74. The number of aryl methyl sites for hydroxylation is 7. The molecule has 10 rings (SSSR count). The van der Waals surface area contributed by atoms with Crippen molar-refractivity contribution in [2.24, 2.45) is 10.4 Å². The normalized spacial score (nSPS) is 21.1. The van der Waals surface area contributed by atoms with Crippen LogP contribution >= 0.6 is 0 Å². The summed E-state index contributed by atoms with van der Waals surface area (Å²) in [5, 5.41) is 2.40. The van der Waals surface area contributed by atoms with Gasteiger partial charge in [-0.05, 0) is 158 Å². The van der Waals surface area contributed by atoms with Gasteiger partial charge in [0.15, 0.2) is 5.60 Å². The van der Waals surface area contributed by atoms with Crippen LogP contribution in [0.15, 0.2) is 84.0 Å². The van der Waals surface area contributed by atoms with Crippen molar-refractivity contribution < 1.29 is 12.2 Å². The maximum atomic E-state index is 9.81. The van der Waals surface area contributed by atoms with Crippen molar-refractivity contribution in [1.29, 1.82) is 0 Å². The highest BCUT2D eigenvalue weighted by molar-refractivity contribution is 6.12. The van der Waals surface area contributed by atoms with E-state index in [4.69, 9.17) is 19.5 Å². The van der Waals surface area contributed by atoms with Crippen LogP contribution in [0.25, 0.3) is 38.8 Å². The summed E-state index contributed by atoms with van der Waals surface area (Å²) in [6, 6.07) is 26.5. The van der Waals surface area contributed by atoms with E-state index in [0.717, 1.165) is 72.7 Å². The number of nitrogens with zero attached hydrogens (tertiary/aromatic N) is 3. The van der Waals surface area contributed by atoms with Crippen molar-refractivity contribution >= 4 is 27.7 Å². The van der Waals surface area contributed by atoms with Crippen LogP contribution in [0, 0.1) is 53.9 Å². The molecule has 0 unspecified atom stereocenters. The van der Waals surface area contributed by atoms with Gasteiger partial charge >= 0.3 is 0 Å². The van der Waals surface area contributed by atoms with Gasteiger partial charge < -0.3 is 9.47 Å². The van der Waals surface area contributed by atoms with Gasteiger partial charge in [-0.1, -0.05) is 91.3 Å². The van der Waals surface area contributed by atoms with Gasteiger partial charge in [0, 0.05) is 59.7 Å². The average molecular weight is 836 g/mol. The van der Waals surface area contributed by atoms with Crippen LogP contribution in [-0.4, -0.2) is 21.0 Å². The Morgan fingerprint density at radius 1 is 0.667 bits per heavy atom. The van der Waals surface area contributed by atoms with Crippen LogP contribution in [0.4, 0.5) is 0 Å². The van der Waals surface area contributed by atoms with Gasteiger partial charge in [0.2, 0.25) is 5.90 Å². The van der Waals surface area contributed by atoms with Crippen LogP contribution in [0.1, 0.15) is 137 Å². The van der Waals surface area contributed by atoms with Crippen LogP contribution < -0.4 is 4.74 Å². The summed E-state index contributed by atoms with van der Waals surface area (Å²) in [5.74, 6) is 2.76. The third kappa shape index (κ3) is 5.87. The Morgan fingerprint density at radius 2 is 1.35 bits per heavy atom. The third-order valence-electron chi connectivity index (χ3n) is 14.6. The molecule has 0 radical (unpaired) electrons. The Labute approximate surface area is 377 Å². The number of hydrogen-bond acceptors (Lipinski definition) is 4. The summed E-state index contributed by atoms with van der Waals surface area (Å²) < 4.78 is 36.5. The zero-order chi connectivity index (χ0) is 46.9. The largest absolute Gasteiger partial charge is 0.463 e. The second-order valence-corrected chi connectivity index (χ2v) is 21.9. The molecular formula is C58H63N3O2. The Balaban J connectivity index is 1.19. The quantitative estimate of drug-likeness (QED) is 0.177. The van der Waals surface area contributed by atoms with E-state index in [1.54, 1.807) is 0 Å². The Kier molecular flexibility index (Phi) is 8.15. The number of ether oxygens (including phenoxy) is 2. The lowest BCUT2D eigenvalue weighted by atomic mass is 9.65. The molecule has 5 heteroatoms. The van der Waals surface area contributed by atoms with E-state index >= 15 is 0 Å². The molecule has 0 fully saturated rings. The van der Waals surface area contributed by atoms with Crippen LogP contribution in [-0.2, 0) is 27.5 Å². The lowest BCUT2D eigenvalue weighted by Gasteiger charge is -2.46. The van der Waals surface area contributed by atoms with Crippen molar-refractivity contribution in [1.82, 2.24) is 9.55 Å². The van der Waals surface area contributed by atoms with Gasteiger partial charge in [0.05, 0.1) is 11.0 Å². The summed E-state index contributed by atoms with van der Waals surface area (Å²) in [6.45, 7) is 34.8. The van der Waals surface area contributed by atoms with Gasteiger partial charge in [-0.3, -0.25) is 4.57 Å². The zero-order valence-electron chi connectivity index (χ0n) is 42.2. The molecule has 2 atom stereocenters. The number of pyridine rings is 1. The zero-order valence-corrected chi connectivity index (χ0v) is 40.2. The molecule has 1 aliphatic carbocycles. The highest BCUT2D eigenvalue weighted by Gasteiger charge is 2.67. The van der Waals surface area contributed by atoms with Crippen molar-refractivity contribution in [3.05, 3.63) is 151 Å². The lowest BCUT2D eigenvalue weighted by molar-refractivity contribution is -0.0724. The first kappa shape index (κ1) is 39.0. The highest BCUT2D eigenvalue weighted by atomic mass is 16.5. The number of fused-ring (bicyclic) bond motifs is 8. The van der Waals surface area contributed by atoms with Crippen LogP contribution in [0.2, 0.25) is 0 Å². The fraction of sp³-hybridized carbons (Fsp3) is 0.379. The predicted octanol–water partition coefficient (Wildman–Crippen LogP) is 14.8. The first-order chi connectivity index (χ1) is 30.2. The minimum Gasteiger partial charge on any atom is -0.463 e. The SMILES string of the molecule is [2H]C1([2H])c2cc(C)c(C)cc2[C@]2(C(C)(C)C)OC(c3cc(Oc4cc5c(cc4C)c4cc(C(C)(C)C)cc6c4n5-c4ncc(C)cc4C6(C)C)cc(-c4c(C)cc(C)cc4C)c3)=N[C@]12C. The van der Waals surface area contributed by atoms with Gasteiger partial charge in [-0.15, -0.1) is 0 Å². The molecule has 4 heterocycles. The first-order valence-corrected chi connectivity index (χ1v) is 22.6. The van der Waals surface area contributed by atoms with E-state index in [-0.39, 0.29) is 10.8 Å². The van der Waals surface area contributed by atoms with Gasteiger partial charge in [0.25, 0.3) is 0 Å². The molecule has 2 aromatic heterocycles. The monoisotopic (exact) mass is 836 g/mol. The standard InChI is InChI=1S/C58H63N3O2/c1-31-17-36(6)50(37(7)18-31)38-23-39(53-60-57(16)29-40-20-33(3)34(4)22-45(40)58(57,63-53)55(11,12)13)25-42(24-38)62-49-28-48-43(21-35(49)5)44-26-41(54(8,9)10)27-46-51(44)61(48)52-47(56(46,14)15)19-32(2)30-59-52/h17-28,30H,29H2,1-16H3/t57-,58-/m1/s1/i29D2. The van der Waals surface area contributed by atoms with E-state index < -0.39 is 22.9 Å². The molecule has 0 bridgehead atoms. The summed E-state index contributed by atoms with van der Waals surface area (Å²) >= 11 is 0. The van der Waals surface area contributed by atoms with E-state index in [1.807, 2.05) is 25.3 Å². The van der Waals surface area contributed by atoms with Gasteiger partial charge in [-0.2, -0.15) is 0 Å². The van der Waals surface area contributed by atoms with Crippen LogP contribution in [0.5, 0.6) is 11.5 Å². The molecule has 0 spiro atoms. The van der Waals surface area contributed by atoms with Crippen molar-refractivity contribution in [3.63, 3.8) is 0 Å². The van der Waals surface area contributed by atoms with Gasteiger partial charge in [0.1, 0.15) is 22.9 Å². The number of aromatic nitrogens is 2. The fourth-order valence-electron chi connectivity index (χ4n) is 11.4.